The predicted molar refractivity (Wildman–Crippen MR) is 68.4 cm³/mol. The normalized spacial score (nSPS) is 17.3. The Bertz CT molecular complexity index is 409. The van der Waals surface area contributed by atoms with Gasteiger partial charge >= 0.3 is 0 Å². The average molecular weight is 235 g/mol. The summed E-state index contributed by atoms with van der Waals surface area (Å²) in [6.07, 6.45) is 3.77. The first kappa shape index (κ1) is 12.2. The summed E-state index contributed by atoms with van der Waals surface area (Å²) in [5.41, 5.74) is 2.42. The fourth-order valence-electron chi connectivity index (χ4n) is 2.53. The minimum Gasteiger partial charge on any atom is -0.508 e. The van der Waals surface area contributed by atoms with Crippen LogP contribution in [0.3, 0.4) is 0 Å². The zero-order chi connectivity index (χ0) is 12.4. The number of phenols is 2. The molecule has 2 N–H and O–H groups in total. The Hall–Kier alpha value is -1.22. The molecular formula is C14H21NO2. The van der Waals surface area contributed by atoms with E-state index in [-0.39, 0.29) is 0 Å². The minimum absolute atomic E-state index is 0.309. The van der Waals surface area contributed by atoms with E-state index < -0.39 is 0 Å². The number of nitrogens with zero attached hydrogens (tertiary/aromatic N) is 1. The Morgan fingerprint density at radius 1 is 1.12 bits per heavy atom. The number of aryl methyl sites for hydroxylation is 1. The molecule has 1 aromatic rings. The van der Waals surface area contributed by atoms with Gasteiger partial charge in [-0.1, -0.05) is 6.42 Å². The van der Waals surface area contributed by atoms with Gasteiger partial charge in [-0.25, -0.2) is 0 Å². The smallest absolute Gasteiger partial charge is 0.121 e. The van der Waals surface area contributed by atoms with Crippen molar-refractivity contribution in [3.05, 3.63) is 22.8 Å². The van der Waals surface area contributed by atoms with Crippen LogP contribution in [0.4, 0.5) is 0 Å². The maximum atomic E-state index is 9.99. The van der Waals surface area contributed by atoms with Crippen LogP contribution in [0.15, 0.2) is 6.07 Å². The summed E-state index contributed by atoms with van der Waals surface area (Å²) < 4.78 is 0. The highest BCUT2D eigenvalue weighted by Crippen LogP contribution is 2.33. The number of hydrogen-bond acceptors (Lipinski definition) is 3. The summed E-state index contributed by atoms with van der Waals surface area (Å²) in [6.45, 7) is 6.61. The summed E-state index contributed by atoms with van der Waals surface area (Å²) in [4.78, 5) is 2.35. The molecule has 0 atom stereocenters. The number of hydrogen-bond donors (Lipinski definition) is 2. The highest BCUT2D eigenvalue weighted by Gasteiger charge is 2.17. The molecule has 0 radical (unpaired) electrons. The molecule has 2 rings (SSSR count). The van der Waals surface area contributed by atoms with Crippen LogP contribution in [0.5, 0.6) is 11.5 Å². The summed E-state index contributed by atoms with van der Waals surface area (Å²) in [5, 5.41) is 19.9. The molecule has 0 aromatic heterocycles. The van der Waals surface area contributed by atoms with Crippen molar-refractivity contribution in [1.29, 1.82) is 0 Å². The van der Waals surface area contributed by atoms with Crippen molar-refractivity contribution in [2.45, 2.75) is 39.7 Å². The van der Waals surface area contributed by atoms with E-state index in [0.29, 0.717) is 11.5 Å². The fourth-order valence-corrected chi connectivity index (χ4v) is 2.53. The van der Waals surface area contributed by atoms with Crippen molar-refractivity contribution in [2.75, 3.05) is 13.1 Å². The Morgan fingerprint density at radius 3 is 2.41 bits per heavy atom. The van der Waals surface area contributed by atoms with Crippen molar-refractivity contribution >= 4 is 0 Å². The number of phenolic OH excluding ortho intramolecular Hbond substituents is 2. The van der Waals surface area contributed by atoms with E-state index in [1.807, 2.05) is 13.8 Å². The van der Waals surface area contributed by atoms with E-state index in [4.69, 9.17) is 0 Å². The second kappa shape index (κ2) is 4.96. The third kappa shape index (κ3) is 2.55. The summed E-state index contributed by atoms with van der Waals surface area (Å²) >= 11 is 0. The zero-order valence-electron chi connectivity index (χ0n) is 10.7. The van der Waals surface area contributed by atoms with Crippen LogP contribution < -0.4 is 0 Å². The maximum absolute atomic E-state index is 9.99. The lowest BCUT2D eigenvalue weighted by Crippen LogP contribution is -2.29. The van der Waals surface area contributed by atoms with Crippen LogP contribution in [0.2, 0.25) is 0 Å². The van der Waals surface area contributed by atoms with Gasteiger partial charge < -0.3 is 10.2 Å². The lowest BCUT2D eigenvalue weighted by molar-refractivity contribution is 0.218. The van der Waals surface area contributed by atoms with Crippen molar-refractivity contribution in [3.63, 3.8) is 0 Å². The number of benzene rings is 1. The van der Waals surface area contributed by atoms with Gasteiger partial charge in [0.15, 0.2) is 0 Å². The quantitative estimate of drug-likeness (QED) is 0.775. The van der Waals surface area contributed by atoms with E-state index in [1.54, 1.807) is 6.07 Å². The number of rotatable bonds is 2. The van der Waals surface area contributed by atoms with Crippen molar-refractivity contribution in [2.24, 2.45) is 0 Å². The van der Waals surface area contributed by atoms with E-state index in [1.165, 1.54) is 19.3 Å². The number of piperidine rings is 1. The predicted octanol–water partition coefficient (Wildman–Crippen LogP) is 2.70. The first-order chi connectivity index (χ1) is 8.09. The van der Waals surface area contributed by atoms with Crippen LogP contribution in [0.25, 0.3) is 0 Å². The van der Waals surface area contributed by atoms with Gasteiger partial charge in [-0.15, -0.1) is 0 Å². The third-order valence-corrected chi connectivity index (χ3v) is 3.67. The Morgan fingerprint density at radius 2 is 1.76 bits per heavy atom. The van der Waals surface area contributed by atoms with Gasteiger partial charge in [-0.3, -0.25) is 4.90 Å². The molecule has 1 aliphatic rings. The number of likely N-dealkylation sites (tertiary alicyclic amines) is 1. The Balaban J connectivity index is 2.22. The van der Waals surface area contributed by atoms with Crippen LogP contribution in [0.1, 0.15) is 36.0 Å². The molecule has 0 spiro atoms. The van der Waals surface area contributed by atoms with Gasteiger partial charge in [0, 0.05) is 12.1 Å². The Labute approximate surface area is 103 Å². The second-order valence-electron chi connectivity index (χ2n) is 5.00. The standard InChI is InChI=1S/C14H21NO2/c1-10-8-13(16)12(11(2)14(10)17)9-15-6-4-3-5-7-15/h8,16-17H,3-7,9H2,1-2H3. The fraction of sp³-hybridized carbons (Fsp3) is 0.571. The topological polar surface area (TPSA) is 43.7 Å². The maximum Gasteiger partial charge on any atom is 0.121 e. The van der Waals surface area contributed by atoms with Crippen LogP contribution in [-0.4, -0.2) is 28.2 Å². The molecule has 1 aromatic carbocycles. The second-order valence-corrected chi connectivity index (χ2v) is 5.00. The molecule has 0 unspecified atom stereocenters. The van der Waals surface area contributed by atoms with E-state index >= 15 is 0 Å². The first-order valence-electron chi connectivity index (χ1n) is 6.33. The zero-order valence-corrected chi connectivity index (χ0v) is 10.7. The van der Waals surface area contributed by atoms with Gasteiger partial charge in [0.2, 0.25) is 0 Å². The molecule has 1 fully saturated rings. The van der Waals surface area contributed by atoms with Gasteiger partial charge in [0.25, 0.3) is 0 Å². The molecule has 1 saturated heterocycles. The molecule has 17 heavy (non-hydrogen) atoms. The molecule has 3 nitrogen and oxygen atoms in total. The molecule has 0 aliphatic carbocycles. The minimum atomic E-state index is 0.309. The first-order valence-corrected chi connectivity index (χ1v) is 6.33. The summed E-state index contributed by atoms with van der Waals surface area (Å²) in [7, 11) is 0. The monoisotopic (exact) mass is 235 g/mol. The lowest BCUT2D eigenvalue weighted by Gasteiger charge is -2.27. The number of aromatic hydroxyl groups is 2. The van der Waals surface area contributed by atoms with Gasteiger partial charge in [-0.05, 0) is 57.0 Å². The lowest BCUT2D eigenvalue weighted by atomic mass is 10.0. The van der Waals surface area contributed by atoms with Crippen LogP contribution in [0, 0.1) is 13.8 Å². The molecular weight excluding hydrogens is 214 g/mol. The van der Waals surface area contributed by atoms with Gasteiger partial charge in [0.1, 0.15) is 11.5 Å². The molecule has 1 heterocycles. The summed E-state index contributed by atoms with van der Waals surface area (Å²) in [5.74, 6) is 0.623. The molecule has 0 bridgehead atoms. The Kier molecular flexibility index (Phi) is 3.57. The molecule has 3 heteroatoms. The van der Waals surface area contributed by atoms with Crippen molar-refractivity contribution < 1.29 is 10.2 Å². The van der Waals surface area contributed by atoms with E-state index in [9.17, 15) is 10.2 Å². The van der Waals surface area contributed by atoms with Crippen LogP contribution >= 0.6 is 0 Å². The molecule has 0 saturated carbocycles. The van der Waals surface area contributed by atoms with Crippen molar-refractivity contribution in [3.8, 4) is 11.5 Å². The van der Waals surface area contributed by atoms with Gasteiger partial charge in [0.05, 0.1) is 0 Å². The molecule has 0 amide bonds. The summed E-state index contributed by atoms with van der Waals surface area (Å²) in [6, 6.07) is 1.65. The van der Waals surface area contributed by atoms with Gasteiger partial charge in [-0.2, -0.15) is 0 Å². The highest BCUT2D eigenvalue weighted by atomic mass is 16.3. The van der Waals surface area contributed by atoms with E-state index in [2.05, 4.69) is 4.90 Å². The molecule has 1 aliphatic heterocycles. The molecule has 94 valence electrons. The van der Waals surface area contributed by atoms with E-state index in [0.717, 1.165) is 36.3 Å². The largest absolute Gasteiger partial charge is 0.508 e. The SMILES string of the molecule is Cc1cc(O)c(CN2CCCCC2)c(C)c1O. The van der Waals surface area contributed by atoms with Crippen molar-refractivity contribution in [1.82, 2.24) is 4.90 Å². The average Bonchev–Trinajstić information content (AvgIpc) is 2.33. The van der Waals surface area contributed by atoms with Crippen LogP contribution in [-0.2, 0) is 6.54 Å². The highest BCUT2D eigenvalue weighted by molar-refractivity contribution is 5.51. The third-order valence-electron chi connectivity index (χ3n) is 3.67.